The lowest BCUT2D eigenvalue weighted by atomic mass is 10.1. The lowest BCUT2D eigenvalue weighted by Gasteiger charge is -2.14. The van der Waals surface area contributed by atoms with Gasteiger partial charge in [-0.25, -0.2) is 0 Å². The van der Waals surface area contributed by atoms with Crippen molar-refractivity contribution in [3.05, 3.63) is 33.1 Å². The molecule has 2 rings (SSSR count). The Balaban J connectivity index is 2.53. The smallest absolute Gasteiger partial charge is 0.145 e. The second-order valence-electron chi connectivity index (χ2n) is 2.61. The summed E-state index contributed by atoms with van der Waals surface area (Å²) in [5, 5.41) is 9.18. The second kappa shape index (κ2) is 2.97. The molecule has 0 amide bonds. The van der Waals surface area contributed by atoms with Crippen LogP contribution in [0.4, 0.5) is 0 Å². The first-order valence-corrected chi connectivity index (χ1v) is 4.65. The molecule has 1 N–H and O–H groups in total. The SMILES string of the molecule is OC1=Cc2cc(I)ccc2OC1. The van der Waals surface area contributed by atoms with Gasteiger partial charge in [0.1, 0.15) is 18.1 Å². The first kappa shape index (κ1) is 7.91. The number of ether oxygens (including phenoxy) is 1. The molecule has 1 aromatic rings. The maximum atomic E-state index is 9.18. The highest BCUT2D eigenvalue weighted by molar-refractivity contribution is 14.1. The average Bonchev–Trinajstić information content (AvgIpc) is 2.03. The molecule has 0 atom stereocenters. The first-order valence-electron chi connectivity index (χ1n) is 3.57. The minimum atomic E-state index is 0.282. The predicted octanol–water partition coefficient (Wildman–Crippen LogP) is 2.58. The number of aliphatic hydroxyl groups is 1. The Hall–Kier alpha value is -0.710. The molecule has 0 fully saturated rings. The van der Waals surface area contributed by atoms with Crippen LogP contribution in [0.3, 0.4) is 0 Å². The van der Waals surface area contributed by atoms with Gasteiger partial charge in [-0.05, 0) is 46.9 Å². The summed E-state index contributed by atoms with van der Waals surface area (Å²) in [5.74, 6) is 1.12. The second-order valence-corrected chi connectivity index (χ2v) is 3.85. The van der Waals surface area contributed by atoms with Gasteiger partial charge in [0.05, 0.1) is 0 Å². The molecular formula is C9H7IO2. The molecule has 0 spiro atoms. The Labute approximate surface area is 84.0 Å². The van der Waals surface area contributed by atoms with E-state index < -0.39 is 0 Å². The minimum absolute atomic E-state index is 0.282. The van der Waals surface area contributed by atoms with Crippen LogP contribution < -0.4 is 4.74 Å². The van der Waals surface area contributed by atoms with Crippen molar-refractivity contribution in [3.8, 4) is 5.75 Å². The van der Waals surface area contributed by atoms with E-state index >= 15 is 0 Å². The van der Waals surface area contributed by atoms with Crippen molar-refractivity contribution in [1.29, 1.82) is 0 Å². The van der Waals surface area contributed by atoms with E-state index in [-0.39, 0.29) is 12.4 Å². The fourth-order valence-electron chi connectivity index (χ4n) is 1.14. The van der Waals surface area contributed by atoms with E-state index in [2.05, 4.69) is 22.6 Å². The molecule has 12 heavy (non-hydrogen) atoms. The number of aliphatic hydroxyl groups excluding tert-OH is 1. The van der Waals surface area contributed by atoms with Gasteiger partial charge in [0.15, 0.2) is 0 Å². The van der Waals surface area contributed by atoms with Crippen LogP contribution in [0, 0.1) is 3.57 Å². The van der Waals surface area contributed by atoms with Crippen LogP contribution in [0.1, 0.15) is 5.56 Å². The van der Waals surface area contributed by atoms with Crippen molar-refractivity contribution >= 4 is 28.7 Å². The van der Waals surface area contributed by atoms with Crippen LogP contribution in [0.5, 0.6) is 5.75 Å². The normalized spacial score (nSPS) is 14.6. The van der Waals surface area contributed by atoms with Crippen LogP contribution >= 0.6 is 22.6 Å². The zero-order valence-corrected chi connectivity index (χ0v) is 8.41. The highest BCUT2D eigenvalue weighted by Gasteiger charge is 2.09. The Morgan fingerprint density at radius 2 is 2.25 bits per heavy atom. The molecule has 0 saturated heterocycles. The fraction of sp³-hybridized carbons (Fsp3) is 0.111. The van der Waals surface area contributed by atoms with E-state index in [1.807, 2.05) is 18.2 Å². The summed E-state index contributed by atoms with van der Waals surface area (Å²) >= 11 is 2.23. The van der Waals surface area contributed by atoms with Crippen LogP contribution in [-0.4, -0.2) is 11.7 Å². The summed E-state index contributed by atoms with van der Waals surface area (Å²) in [6.45, 7) is 0.285. The third-order valence-corrected chi connectivity index (χ3v) is 2.34. The van der Waals surface area contributed by atoms with Gasteiger partial charge < -0.3 is 9.84 Å². The highest BCUT2D eigenvalue weighted by atomic mass is 127. The van der Waals surface area contributed by atoms with Crippen molar-refractivity contribution in [3.63, 3.8) is 0 Å². The lowest BCUT2D eigenvalue weighted by molar-refractivity contribution is 0.267. The number of hydrogen-bond donors (Lipinski definition) is 1. The Morgan fingerprint density at radius 1 is 1.42 bits per heavy atom. The van der Waals surface area contributed by atoms with E-state index in [0.29, 0.717) is 0 Å². The van der Waals surface area contributed by atoms with Gasteiger partial charge in [0, 0.05) is 9.13 Å². The summed E-state index contributed by atoms with van der Waals surface area (Å²) in [6.07, 6.45) is 1.74. The molecule has 0 bridgehead atoms. The van der Waals surface area contributed by atoms with E-state index in [0.717, 1.165) is 14.9 Å². The molecule has 0 unspecified atom stereocenters. The van der Waals surface area contributed by atoms with Gasteiger partial charge in [0.25, 0.3) is 0 Å². The fourth-order valence-corrected chi connectivity index (χ4v) is 1.65. The van der Waals surface area contributed by atoms with Crippen molar-refractivity contribution in [2.75, 3.05) is 6.61 Å². The lowest BCUT2D eigenvalue weighted by Crippen LogP contribution is -2.06. The molecule has 3 heteroatoms. The summed E-state index contributed by atoms with van der Waals surface area (Å²) in [6, 6.07) is 5.88. The summed E-state index contributed by atoms with van der Waals surface area (Å²) in [4.78, 5) is 0. The van der Waals surface area contributed by atoms with Gasteiger partial charge >= 0.3 is 0 Å². The third-order valence-electron chi connectivity index (χ3n) is 1.67. The maximum absolute atomic E-state index is 9.18. The summed E-state index contributed by atoms with van der Waals surface area (Å²) < 4.78 is 6.41. The molecule has 0 saturated carbocycles. The summed E-state index contributed by atoms with van der Waals surface area (Å²) in [5.41, 5.74) is 0.950. The topological polar surface area (TPSA) is 29.5 Å². The molecule has 1 aliphatic heterocycles. The molecule has 0 radical (unpaired) electrons. The quantitative estimate of drug-likeness (QED) is 0.737. The van der Waals surface area contributed by atoms with Crippen LogP contribution in [0.2, 0.25) is 0 Å². The van der Waals surface area contributed by atoms with Gasteiger partial charge in [-0.1, -0.05) is 0 Å². The number of hydrogen-bond acceptors (Lipinski definition) is 2. The van der Waals surface area contributed by atoms with Crippen molar-refractivity contribution < 1.29 is 9.84 Å². The van der Waals surface area contributed by atoms with Gasteiger partial charge in [-0.3, -0.25) is 0 Å². The molecule has 0 aromatic heterocycles. The number of benzene rings is 1. The van der Waals surface area contributed by atoms with Crippen molar-refractivity contribution in [2.45, 2.75) is 0 Å². The van der Waals surface area contributed by atoms with Crippen molar-refractivity contribution in [2.24, 2.45) is 0 Å². The van der Waals surface area contributed by atoms with Gasteiger partial charge in [-0.15, -0.1) is 0 Å². The number of halogens is 1. The largest absolute Gasteiger partial charge is 0.509 e. The molecule has 62 valence electrons. The first-order chi connectivity index (χ1) is 5.75. The van der Waals surface area contributed by atoms with Crippen molar-refractivity contribution in [1.82, 2.24) is 0 Å². The van der Waals surface area contributed by atoms with Crippen LogP contribution in [-0.2, 0) is 0 Å². The van der Waals surface area contributed by atoms with Crippen LogP contribution in [0.25, 0.3) is 6.08 Å². The minimum Gasteiger partial charge on any atom is -0.509 e. The molecule has 1 aromatic carbocycles. The Bertz CT molecular complexity index is 344. The molecule has 0 aliphatic carbocycles. The van der Waals surface area contributed by atoms with E-state index in [1.165, 1.54) is 0 Å². The predicted molar refractivity (Wildman–Crippen MR) is 55.3 cm³/mol. The third kappa shape index (κ3) is 1.41. The Morgan fingerprint density at radius 3 is 3.08 bits per heavy atom. The zero-order valence-electron chi connectivity index (χ0n) is 6.25. The van der Waals surface area contributed by atoms with Gasteiger partial charge in [-0.2, -0.15) is 0 Å². The zero-order chi connectivity index (χ0) is 8.55. The maximum Gasteiger partial charge on any atom is 0.145 e. The number of fused-ring (bicyclic) bond motifs is 1. The monoisotopic (exact) mass is 274 g/mol. The average molecular weight is 274 g/mol. The molecule has 1 heterocycles. The molecule has 2 nitrogen and oxygen atoms in total. The molecule has 1 aliphatic rings. The number of rotatable bonds is 0. The van der Waals surface area contributed by atoms with E-state index in [1.54, 1.807) is 6.08 Å². The van der Waals surface area contributed by atoms with E-state index in [9.17, 15) is 5.11 Å². The standard InChI is InChI=1S/C9H7IO2/c10-7-1-2-9-6(3-7)4-8(11)5-12-9/h1-4,11H,5H2. The van der Waals surface area contributed by atoms with E-state index in [4.69, 9.17) is 4.74 Å². The van der Waals surface area contributed by atoms with Gasteiger partial charge in [0.2, 0.25) is 0 Å². The Kier molecular flexibility index (Phi) is 1.96. The summed E-state index contributed by atoms with van der Waals surface area (Å²) in [7, 11) is 0. The van der Waals surface area contributed by atoms with Crippen LogP contribution in [0.15, 0.2) is 24.0 Å². The highest BCUT2D eigenvalue weighted by Crippen LogP contribution is 2.26. The molecular weight excluding hydrogens is 267 g/mol.